The fourth-order valence-electron chi connectivity index (χ4n) is 3.48. The first-order valence-corrected chi connectivity index (χ1v) is 10.4. The van der Waals surface area contributed by atoms with Crippen LogP contribution in [0.5, 0.6) is 0 Å². The number of hydrogen-bond acceptors (Lipinski definition) is 5. The molecule has 146 valence electrons. The van der Waals surface area contributed by atoms with Crippen LogP contribution in [0.2, 0.25) is 0 Å². The lowest BCUT2D eigenvalue weighted by Crippen LogP contribution is -2.43. The molecular weight excluding hydrogens is 366 g/mol. The van der Waals surface area contributed by atoms with Crippen LogP contribution < -0.4 is 4.90 Å². The molecular formula is C19H25N3O4S. The van der Waals surface area contributed by atoms with Gasteiger partial charge in [-0.05, 0) is 45.7 Å². The highest BCUT2D eigenvalue weighted by Gasteiger charge is 2.36. The Balaban J connectivity index is 1.68. The Hall–Kier alpha value is -2.19. The average Bonchev–Trinajstić information content (AvgIpc) is 3.00. The molecule has 0 saturated carbocycles. The summed E-state index contributed by atoms with van der Waals surface area (Å²) in [6.45, 7) is 5.84. The highest BCUT2D eigenvalue weighted by Crippen LogP contribution is 2.29. The monoisotopic (exact) mass is 391 g/mol. The molecule has 0 radical (unpaired) electrons. The number of sulfonamides is 1. The molecule has 1 amide bonds. The summed E-state index contributed by atoms with van der Waals surface area (Å²) in [7, 11) is -1.89. The fraction of sp³-hybridized carbons (Fsp3) is 0.474. The third kappa shape index (κ3) is 3.77. The molecule has 2 aromatic rings. The number of aromatic nitrogens is 1. The van der Waals surface area contributed by atoms with Crippen molar-refractivity contribution in [2.45, 2.75) is 38.5 Å². The van der Waals surface area contributed by atoms with Crippen LogP contribution in [-0.4, -0.2) is 43.9 Å². The van der Waals surface area contributed by atoms with Gasteiger partial charge in [0.05, 0.1) is 0 Å². The second kappa shape index (κ2) is 7.44. The zero-order chi connectivity index (χ0) is 19.8. The maximum atomic E-state index is 12.9. The summed E-state index contributed by atoms with van der Waals surface area (Å²) in [5.74, 6) is 0.130. The number of amides is 1. The number of carbonyl (C=O) groups is 1. The van der Waals surface area contributed by atoms with Gasteiger partial charge in [0.1, 0.15) is 10.6 Å². The second-order valence-electron chi connectivity index (χ2n) is 7.06. The van der Waals surface area contributed by atoms with Crippen LogP contribution in [-0.2, 0) is 14.8 Å². The van der Waals surface area contributed by atoms with Gasteiger partial charge in [0.2, 0.25) is 15.9 Å². The Morgan fingerprint density at radius 2 is 1.74 bits per heavy atom. The van der Waals surface area contributed by atoms with Gasteiger partial charge in [0.15, 0.2) is 5.76 Å². The van der Waals surface area contributed by atoms with E-state index in [0.717, 1.165) is 11.3 Å². The topological polar surface area (TPSA) is 83.7 Å². The molecule has 1 aromatic carbocycles. The van der Waals surface area contributed by atoms with E-state index in [1.807, 2.05) is 31.2 Å². The van der Waals surface area contributed by atoms with Gasteiger partial charge in [-0.2, -0.15) is 4.31 Å². The van der Waals surface area contributed by atoms with Crippen molar-refractivity contribution in [3.05, 3.63) is 41.3 Å². The number of benzene rings is 1. The summed E-state index contributed by atoms with van der Waals surface area (Å²) >= 11 is 0. The molecule has 1 aliphatic heterocycles. The van der Waals surface area contributed by atoms with Crippen LogP contribution in [0.15, 0.2) is 33.7 Å². The first-order valence-electron chi connectivity index (χ1n) is 8.99. The highest BCUT2D eigenvalue weighted by atomic mass is 32.2. The van der Waals surface area contributed by atoms with E-state index in [1.54, 1.807) is 25.8 Å². The number of carbonyl (C=O) groups excluding carboxylic acids is 1. The van der Waals surface area contributed by atoms with Crippen LogP contribution in [0, 0.1) is 26.7 Å². The van der Waals surface area contributed by atoms with Crippen molar-refractivity contribution >= 4 is 21.6 Å². The maximum absolute atomic E-state index is 12.9. The molecule has 0 atom stereocenters. The molecule has 1 saturated heterocycles. The van der Waals surface area contributed by atoms with Gasteiger partial charge in [0.25, 0.3) is 0 Å². The molecule has 0 bridgehead atoms. The van der Waals surface area contributed by atoms with Crippen molar-refractivity contribution < 1.29 is 17.7 Å². The Bertz CT molecular complexity index is 907. The first-order chi connectivity index (χ1) is 12.7. The predicted octanol–water partition coefficient (Wildman–Crippen LogP) is 2.66. The summed E-state index contributed by atoms with van der Waals surface area (Å²) in [6, 6.07) is 7.78. The normalized spacial score (nSPS) is 16.4. The van der Waals surface area contributed by atoms with Crippen molar-refractivity contribution in [2.75, 3.05) is 25.0 Å². The van der Waals surface area contributed by atoms with E-state index >= 15 is 0 Å². The highest BCUT2D eigenvalue weighted by molar-refractivity contribution is 7.89. The van der Waals surface area contributed by atoms with Gasteiger partial charge in [-0.25, -0.2) is 8.42 Å². The number of rotatable bonds is 4. The molecule has 0 N–H and O–H groups in total. The van der Waals surface area contributed by atoms with Crippen LogP contribution in [0.1, 0.15) is 29.9 Å². The smallest absolute Gasteiger partial charge is 0.248 e. The Morgan fingerprint density at radius 3 is 2.26 bits per heavy atom. The molecule has 1 fully saturated rings. The molecule has 7 nitrogen and oxygen atoms in total. The first kappa shape index (κ1) is 19.6. The van der Waals surface area contributed by atoms with Crippen molar-refractivity contribution in [3.8, 4) is 0 Å². The quantitative estimate of drug-likeness (QED) is 0.800. The lowest BCUT2D eigenvalue weighted by atomic mass is 9.96. The van der Waals surface area contributed by atoms with Crippen molar-refractivity contribution in [1.82, 2.24) is 9.46 Å². The van der Waals surface area contributed by atoms with Crippen molar-refractivity contribution in [1.29, 1.82) is 0 Å². The van der Waals surface area contributed by atoms with E-state index in [9.17, 15) is 13.2 Å². The fourth-order valence-corrected chi connectivity index (χ4v) is 5.25. The minimum atomic E-state index is -3.65. The summed E-state index contributed by atoms with van der Waals surface area (Å²) in [4.78, 5) is 14.6. The summed E-state index contributed by atoms with van der Waals surface area (Å²) < 4.78 is 32.2. The molecule has 3 rings (SSSR count). The van der Waals surface area contributed by atoms with Gasteiger partial charge < -0.3 is 9.42 Å². The van der Waals surface area contributed by atoms with Gasteiger partial charge in [0, 0.05) is 31.7 Å². The van der Waals surface area contributed by atoms with E-state index in [-0.39, 0.29) is 16.7 Å². The largest absolute Gasteiger partial charge is 0.360 e. The summed E-state index contributed by atoms with van der Waals surface area (Å²) in [5, 5.41) is 3.74. The maximum Gasteiger partial charge on any atom is 0.248 e. The molecule has 0 unspecified atom stereocenters. The molecule has 1 aromatic heterocycles. The Labute approximate surface area is 160 Å². The van der Waals surface area contributed by atoms with Crippen molar-refractivity contribution in [3.63, 3.8) is 0 Å². The number of anilines is 1. The molecule has 1 aliphatic rings. The van der Waals surface area contributed by atoms with E-state index in [1.165, 1.54) is 4.31 Å². The Kier molecular flexibility index (Phi) is 5.39. The molecule has 27 heavy (non-hydrogen) atoms. The average molecular weight is 391 g/mol. The molecule has 2 heterocycles. The number of nitrogens with zero attached hydrogens (tertiary/aromatic N) is 3. The number of piperidine rings is 1. The zero-order valence-electron chi connectivity index (χ0n) is 16.1. The van der Waals surface area contributed by atoms with Gasteiger partial charge in [-0.1, -0.05) is 22.9 Å². The van der Waals surface area contributed by atoms with E-state index < -0.39 is 10.0 Å². The summed E-state index contributed by atoms with van der Waals surface area (Å²) in [5.41, 5.74) is 2.35. The van der Waals surface area contributed by atoms with Gasteiger partial charge in [-0.15, -0.1) is 0 Å². The Morgan fingerprint density at radius 1 is 1.15 bits per heavy atom. The predicted molar refractivity (Wildman–Crippen MR) is 102 cm³/mol. The lowest BCUT2D eigenvalue weighted by molar-refractivity contribution is -0.123. The van der Waals surface area contributed by atoms with E-state index in [4.69, 9.17) is 4.52 Å². The third-order valence-electron chi connectivity index (χ3n) is 5.12. The number of hydrogen-bond donors (Lipinski definition) is 0. The van der Waals surface area contributed by atoms with Crippen LogP contribution in [0.4, 0.5) is 5.69 Å². The summed E-state index contributed by atoms with van der Waals surface area (Å²) in [6.07, 6.45) is 0.995. The standard InChI is InChI=1S/C19H25N3O4S/c1-13-5-7-17(8-6-13)21(4)19(23)16-9-11-22(12-10-16)27(24,25)18-14(2)20-26-15(18)3/h5-8,16H,9-12H2,1-4H3. The molecule has 0 aliphatic carbocycles. The minimum Gasteiger partial charge on any atom is -0.360 e. The van der Waals surface area contributed by atoms with Crippen molar-refractivity contribution in [2.24, 2.45) is 5.92 Å². The molecule has 8 heteroatoms. The van der Waals surface area contributed by atoms with E-state index in [0.29, 0.717) is 37.4 Å². The van der Waals surface area contributed by atoms with Crippen LogP contribution in [0.25, 0.3) is 0 Å². The van der Waals surface area contributed by atoms with Crippen LogP contribution in [0.3, 0.4) is 0 Å². The minimum absolute atomic E-state index is 0.0215. The SMILES string of the molecule is Cc1ccc(N(C)C(=O)C2CCN(S(=O)(=O)c3c(C)noc3C)CC2)cc1. The van der Waals surface area contributed by atoms with Gasteiger partial charge >= 0.3 is 0 Å². The van der Waals surface area contributed by atoms with Gasteiger partial charge in [-0.3, -0.25) is 4.79 Å². The number of aryl methyl sites for hydroxylation is 3. The third-order valence-corrected chi connectivity index (χ3v) is 7.26. The second-order valence-corrected chi connectivity index (χ2v) is 8.94. The zero-order valence-corrected chi connectivity index (χ0v) is 16.9. The van der Waals surface area contributed by atoms with Crippen LogP contribution >= 0.6 is 0 Å². The lowest BCUT2D eigenvalue weighted by Gasteiger charge is -2.32. The molecule has 0 spiro atoms. The van der Waals surface area contributed by atoms with E-state index in [2.05, 4.69) is 5.16 Å².